The summed E-state index contributed by atoms with van der Waals surface area (Å²) in [5.74, 6) is 1.31. The predicted molar refractivity (Wildman–Crippen MR) is 124 cm³/mol. The molecular weight excluding hydrogens is 404 g/mol. The number of benzene rings is 1. The summed E-state index contributed by atoms with van der Waals surface area (Å²) < 4.78 is 5.44. The maximum atomic E-state index is 11.8. The molecule has 0 bridgehead atoms. The van der Waals surface area contributed by atoms with Crippen LogP contribution in [0.3, 0.4) is 0 Å². The van der Waals surface area contributed by atoms with Crippen LogP contribution in [-0.2, 0) is 9.53 Å². The average molecular weight is 428 g/mol. The molecule has 1 aromatic carbocycles. The highest BCUT2D eigenvalue weighted by Crippen LogP contribution is 2.34. The van der Waals surface area contributed by atoms with E-state index in [0.29, 0.717) is 11.6 Å². The molecule has 162 valence electrons. The van der Waals surface area contributed by atoms with Crippen molar-refractivity contribution >= 4 is 29.6 Å². The number of morpholine rings is 1. The van der Waals surface area contributed by atoms with Gasteiger partial charge in [-0.15, -0.1) is 0 Å². The Bertz CT molecular complexity index is 1160. The monoisotopic (exact) mass is 428 g/mol. The maximum absolute atomic E-state index is 11.8. The van der Waals surface area contributed by atoms with E-state index in [2.05, 4.69) is 37.6 Å². The predicted octanol–water partition coefficient (Wildman–Crippen LogP) is 3.24. The summed E-state index contributed by atoms with van der Waals surface area (Å²) in [6.45, 7) is 5.13. The summed E-state index contributed by atoms with van der Waals surface area (Å²) in [5, 5.41) is 6.52. The summed E-state index contributed by atoms with van der Waals surface area (Å²) in [6.07, 6.45) is 6.35. The van der Waals surface area contributed by atoms with Gasteiger partial charge in [-0.05, 0) is 61.2 Å². The van der Waals surface area contributed by atoms with Crippen molar-refractivity contribution in [3.63, 3.8) is 0 Å². The molecule has 2 N–H and O–H groups in total. The minimum Gasteiger partial charge on any atom is -0.378 e. The number of pyridine rings is 1. The van der Waals surface area contributed by atoms with Crippen LogP contribution >= 0.6 is 0 Å². The number of aromatic nitrogens is 3. The summed E-state index contributed by atoms with van der Waals surface area (Å²) in [6, 6.07) is 11.6. The van der Waals surface area contributed by atoms with Crippen molar-refractivity contribution in [2.45, 2.75) is 13.0 Å². The zero-order chi connectivity index (χ0) is 21.9. The molecule has 2 aliphatic heterocycles. The number of aryl methyl sites for hydroxylation is 1. The second kappa shape index (κ2) is 8.76. The zero-order valence-electron chi connectivity index (χ0n) is 17.8. The number of nitrogens with one attached hydrogen (secondary N) is 2. The van der Waals surface area contributed by atoms with E-state index in [1.54, 1.807) is 12.4 Å². The Morgan fingerprint density at radius 2 is 1.94 bits per heavy atom. The number of aldehydes is 1. The van der Waals surface area contributed by atoms with Crippen molar-refractivity contribution in [2.75, 3.05) is 36.5 Å². The van der Waals surface area contributed by atoms with E-state index in [0.717, 1.165) is 66.5 Å². The molecule has 1 fully saturated rings. The van der Waals surface area contributed by atoms with Crippen LogP contribution in [0.1, 0.15) is 23.0 Å². The van der Waals surface area contributed by atoms with Gasteiger partial charge in [0.15, 0.2) is 0 Å². The summed E-state index contributed by atoms with van der Waals surface area (Å²) >= 11 is 0. The van der Waals surface area contributed by atoms with Gasteiger partial charge in [0.25, 0.3) is 0 Å². The summed E-state index contributed by atoms with van der Waals surface area (Å²) in [7, 11) is 0. The fraction of sp³-hybridized carbons (Fsp3) is 0.250. The van der Waals surface area contributed by atoms with Crippen molar-refractivity contribution in [2.24, 2.45) is 0 Å². The average Bonchev–Trinajstić information content (AvgIpc) is 2.84. The van der Waals surface area contributed by atoms with E-state index < -0.39 is 6.04 Å². The van der Waals surface area contributed by atoms with Crippen LogP contribution < -0.4 is 15.5 Å². The number of hydrogen-bond donors (Lipinski definition) is 2. The first-order valence-electron chi connectivity index (χ1n) is 10.6. The number of anilines is 3. The third-order valence-electron chi connectivity index (χ3n) is 5.62. The number of fused-ring (bicyclic) bond motifs is 1. The maximum Gasteiger partial charge on any atom is 0.146 e. The molecule has 8 heteroatoms. The van der Waals surface area contributed by atoms with Gasteiger partial charge in [-0.25, -0.2) is 15.0 Å². The Kier molecular flexibility index (Phi) is 5.51. The van der Waals surface area contributed by atoms with Crippen molar-refractivity contribution in [1.29, 1.82) is 0 Å². The van der Waals surface area contributed by atoms with Crippen molar-refractivity contribution < 1.29 is 9.53 Å². The first-order valence-corrected chi connectivity index (χ1v) is 10.6. The molecule has 4 heterocycles. The standard InChI is InChI=1S/C24H24N6O2/c1-16-25-9-7-20(27-16)21-14-17-6-8-26-22(15-31)23(17)24(29-21)28-18-2-4-19(5-3-18)30-10-12-32-13-11-30/h2-9,14-15,22,26H,10-13H2,1H3,(H,28,29). The van der Waals surface area contributed by atoms with Gasteiger partial charge in [-0.3, -0.25) is 0 Å². The van der Waals surface area contributed by atoms with Crippen molar-refractivity contribution in [3.8, 4) is 11.4 Å². The smallest absolute Gasteiger partial charge is 0.146 e. The van der Waals surface area contributed by atoms with Gasteiger partial charge in [-0.2, -0.15) is 0 Å². The highest BCUT2D eigenvalue weighted by molar-refractivity contribution is 5.79. The van der Waals surface area contributed by atoms with Crippen molar-refractivity contribution in [1.82, 2.24) is 20.3 Å². The van der Waals surface area contributed by atoms with E-state index in [9.17, 15) is 4.79 Å². The lowest BCUT2D eigenvalue weighted by Crippen LogP contribution is -2.36. The highest BCUT2D eigenvalue weighted by Gasteiger charge is 2.23. The zero-order valence-corrected chi connectivity index (χ0v) is 17.8. The fourth-order valence-corrected chi connectivity index (χ4v) is 4.01. The molecule has 3 aromatic rings. The molecule has 32 heavy (non-hydrogen) atoms. The Hall–Kier alpha value is -3.78. The fourth-order valence-electron chi connectivity index (χ4n) is 4.01. The number of ether oxygens (including phenoxy) is 1. The molecule has 0 amide bonds. The van der Waals surface area contributed by atoms with Crippen LogP contribution in [0, 0.1) is 6.92 Å². The molecule has 0 saturated carbocycles. The molecule has 1 saturated heterocycles. The molecule has 5 rings (SSSR count). The Labute approximate surface area is 186 Å². The normalized spacial score (nSPS) is 17.4. The van der Waals surface area contributed by atoms with Crippen LogP contribution in [0.5, 0.6) is 0 Å². The Morgan fingerprint density at radius 3 is 2.69 bits per heavy atom. The molecule has 8 nitrogen and oxygen atoms in total. The third kappa shape index (κ3) is 4.04. The number of hydrogen-bond acceptors (Lipinski definition) is 8. The van der Waals surface area contributed by atoms with E-state index in [1.165, 1.54) is 0 Å². The Morgan fingerprint density at radius 1 is 1.12 bits per heavy atom. The summed E-state index contributed by atoms with van der Waals surface area (Å²) in [4.78, 5) is 27.6. The molecule has 0 aliphatic carbocycles. The van der Waals surface area contributed by atoms with Gasteiger partial charge in [0.2, 0.25) is 0 Å². The van der Waals surface area contributed by atoms with Crippen LogP contribution in [0.15, 0.2) is 48.8 Å². The second-order valence-corrected chi connectivity index (χ2v) is 7.73. The Balaban J connectivity index is 1.51. The van der Waals surface area contributed by atoms with Crippen molar-refractivity contribution in [3.05, 3.63) is 65.7 Å². The van der Waals surface area contributed by atoms with E-state index in [-0.39, 0.29) is 0 Å². The lowest BCUT2D eigenvalue weighted by molar-refractivity contribution is -0.109. The van der Waals surface area contributed by atoms with Crippen LogP contribution in [0.25, 0.3) is 17.5 Å². The van der Waals surface area contributed by atoms with Gasteiger partial charge in [-0.1, -0.05) is 0 Å². The van der Waals surface area contributed by atoms with Gasteiger partial charge in [0.1, 0.15) is 24.0 Å². The summed E-state index contributed by atoms with van der Waals surface area (Å²) in [5.41, 5.74) is 5.25. The quantitative estimate of drug-likeness (QED) is 0.599. The van der Waals surface area contributed by atoms with Crippen LogP contribution in [-0.4, -0.2) is 47.5 Å². The second-order valence-electron chi connectivity index (χ2n) is 7.73. The molecular formula is C24H24N6O2. The first-order chi connectivity index (χ1) is 15.7. The molecule has 0 radical (unpaired) electrons. The largest absolute Gasteiger partial charge is 0.378 e. The van der Waals surface area contributed by atoms with E-state index in [4.69, 9.17) is 9.72 Å². The highest BCUT2D eigenvalue weighted by atomic mass is 16.5. The molecule has 1 atom stereocenters. The van der Waals surface area contributed by atoms with Gasteiger partial charge < -0.3 is 25.1 Å². The topological polar surface area (TPSA) is 92.3 Å². The SMILES string of the molecule is Cc1nccc(-c2cc3c(c(Nc4ccc(N5CCOCC5)cc4)n2)C(C=O)NC=C3)n1. The van der Waals surface area contributed by atoms with E-state index in [1.807, 2.05) is 37.3 Å². The third-order valence-corrected chi connectivity index (χ3v) is 5.62. The number of nitrogens with zero attached hydrogens (tertiary/aromatic N) is 4. The molecule has 2 aromatic heterocycles. The molecule has 0 spiro atoms. The van der Waals surface area contributed by atoms with Crippen LogP contribution in [0.4, 0.5) is 17.2 Å². The van der Waals surface area contributed by atoms with Gasteiger partial charge >= 0.3 is 0 Å². The minimum atomic E-state index is -0.473. The first kappa shape index (κ1) is 20.1. The van der Waals surface area contributed by atoms with E-state index >= 15 is 0 Å². The van der Waals surface area contributed by atoms with Gasteiger partial charge in [0, 0.05) is 36.2 Å². The molecule has 1 unspecified atom stereocenters. The van der Waals surface area contributed by atoms with Gasteiger partial charge in [0.05, 0.1) is 24.6 Å². The lowest BCUT2D eigenvalue weighted by Gasteiger charge is -2.29. The molecule has 2 aliphatic rings. The minimum absolute atomic E-state index is 0.473. The number of rotatable bonds is 5. The van der Waals surface area contributed by atoms with Crippen LogP contribution in [0.2, 0.25) is 0 Å². The lowest BCUT2D eigenvalue weighted by atomic mass is 9.97. The number of carbonyl (C=O) groups is 1. The number of carbonyl (C=O) groups excluding carboxylic acids is 1.